The van der Waals surface area contributed by atoms with Gasteiger partial charge in [0.1, 0.15) is 6.61 Å². The summed E-state index contributed by atoms with van der Waals surface area (Å²) in [5, 5.41) is 0. The molecule has 0 heterocycles. The Labute approximate surface area is 51.0 Å². The van der Waals surface area contributed by atoms with Gasteiger partial charge in [0.15, 0.2) is 0 Å². The molecule has 0 fully saturated rings. The van der Waals surface area contributed by atoms with Crippen LogP contribution in [-0.2, 0) is 4.74 Å². The summed E-state index contributed by atoms with van der Waals surface area (Å²) in [6.07, 6.45) is 7.02. The van der Waals surface area contributed by atoms with Crippen molar-refractivity contribution in [1.82, 2.24) is 0 Å². The molecule has 0 atom stereocenters. The first-order chi connectivity index (χ1) is 3.91. The van der Waals surface area contributed by atoms with Crippen LogP contribution in [0.25, 0.3) is 0 Å². The largest absolute Gasteiger partial charge is 0.363 e. The Bertz CT molecular complexity index is 70.9. The molecule has 0 aromatic heterocycles. The lowest BCUT2D eigenvalue weighted by Gasteiger charge is -1.93. The molecule has 0 saturated heterocycles. The average Bonchev–Trinajstić information content (AvgIpc) is 1.81. The lowest BCUT2D eigenvalue weighted by molar-refractivity contribution is 0.229. The van der Waals surface area contributed by atoms with Crippen LogP contribution in [0, 0.1) is 19.0 Å². The Morgan fingerprint density at radius 1 is 1.75 bits per heavy atom. The van der Waals surface area contributed by atoms with Crippen LogP contribution in [0.1, 0.15) is 19.8 Å². The van der Waals surface area contributed by atoms with Crippen LogP contribution in [0.15, 0.2) is 0 Å². The smallest absolute Gasteiger partial charge is 0.107 e. The van der Waals surface area contributed by atoms with Crippen LogP contribution >= 0.6 is 0 Å². The second-order valence-corrected chi connectivity index (χ2v) is 1.47. The van der Waals surface area contributed by atoms with Gasteiger partial charge in [0.05, 0.1) is 6.61 Å². The highest BCUT2D eigenvalue weighted by atomic mass is 16.5. The van der Waals surface area contributed by atoms with E-state index >= 15 is 0 Å². The molecule has 0 saturated carbocycles. The van der Waals surface area contributed by atoms with E-state index in [-0.39, 0.29) is 0 Å². The summed E-state index contributed by atoms with van der Waals surface area (Å²) >= 11 is 0. The van der Waals surface area contributed by atoms with Crippen molar-refractivity contribution in [2.75, 3.05) is 6.61 Å². The van der Waals surface area contributed by atoms with Gasteiger partial charge in [0, 0.05) is 0 Å². The van der Waals surface area contributed by atoms with Crippen molar-refractivity contribution in [3.63, 3.8) is 0 Å². The fourth-order valence-corrected chi connectivity index (χ4v) is 0.308. The quantitative estimate of drug-likeness (QED) is 0.395. The zero-order valence-electron chi connectivity index (χ0n) is 5.18. The Hall–Kier alpha value is -0.480. The van der Waals surface area contributed by atoms with Crippen molar-refractivity contribution < 1.29 is 4.74 Å². The first-order valence-electron chi connectivity index (χ1n) is 2.78. The summed E-state index contributed by atoms with van der Waals surface area (Å²) in [5.41, 5.74) is 0. The molecule has 0 N–H and O–H groups in total. The van der Waals surface area contributed by atoms with Gasteiger partial charge < -0.3 is 4.74 Å². The molecule has 45 valence electrons. The molecule has 0 aromatic carbocycles. The van der Waals surface area contributed by atoms with Crippen molar-refractivity contribution in [2.45, 2.75) is 19.8 Å². The molecule has 1 radical (unpaired) electrons. The Kier molecular flexibility index (Phi) is 6.13. The highest BCUT2D eigenvalue weighted by Gasteiger charge is 1.81. The van der Waals surface area contributed by atoms with Gasteiger partial charge in [-0.05, 0) is 6.42 Å². The van der Waals surface area contributed by atoms with E-state index in [1.165, 1.54) is 0 Å². The van der Waals surface area contributed by atoms with Crippen molar-refractivity contribution >= 4 is 0 Å². The van der Waals surface area contributed by atoms with Crippen LogP contribution in [0.2, 0.25) is 0 Å². The van der Waals surface area contributed by atoms with E-state index in [2.05, 4.69) is 12.8 Å². The first-order valence-corrected chi connectivity index (χ1v) is 2.78. The topological polar surface area (TPSA) is 9.23 Å². The standard InChI is InChI=1S/C7H11O/c1-3-5-7-8-6-4-2/h2,7H,3,5-6H2,1H3. The molecule has 8 heavy (non-hydrogen) atoms. The van der Waals surface area contributed by atoms with E-state index in [1.54, 1.807) is 6.61 Å². The molecule has 0 rings (SSSR count). The molecule has 1 nitrogen and oxygen atoms in total. The highest BCUT2D eigenvalue weighted by molar-refractivity contribution is 4.83. The van der Waals surface area contributed by atoms with E-state index in [9.17, 15) is 0 Å². The van der Waals surface area contributed by atoms with E-state index in [0.717, 1.165) is 12.8 Å². The zero-order valence-corrected chi connectivity index (χ0v) is 5.18. The van der Waals surface area contributed by atoms with E-state index < -0.39 is 0 Å². The lowest BCUT2D eigenvalue weighted by atomic mass is 10.4. The second-order valence-electron chi connectivity index (χ2n) is 1.47. The third-order valence-electron chi connectivity index (χ3n) is 0.691. The number of unbranched alkanes of at least 4 members (excludes halogenated alkanes) is 1. The first kappa shape index (κ1) is 7.52. The number of hydrogen-bond donors (Lipinski definition) is 0. The molecule has 0 amide bonds. The molecular formula is C7H11O. The van der Waals surface area contributed by atoms with Gasteiger partial charge in [-0.2, -0.15) is 0 Å². The molecular weight excluding hydrogens is 100 g/mol. The van der Waals surface area contributed by atoms with Gasteiger partial charge in [-0.25, -0.2) is 0 Å². The Balaban J connectivity index is 2.65. The maximum atomic E-state index is 4.92. The Morgan fingerprint density at radius 3 is 3.00 bits per heavy atom. The lowest BCUT2D eigenvalue weighted by Crippen LogP contribution is -1.86. The third kappa shape index (κ3) is 5.52. The van der Waals surface area contributed by atoms with Crippen LogP contribution in [-0.4, -0.2) is 6.61 Å². The van der Waals surface area contributed by atoms with Crippen LogP contribution < -0.4 is 0 Å². The minimum absolute atomic E-state index is 0.403. The molecule has 0 aliphatic rings. The summed E-state index contributed by atoms with van der Waals surface area (Å²) in [5.74, 6) is 2.37. The van der Waals surface area contributed by atoms with Crippen LogP contribution in [0.3, 0.4) is 0 Å². The molecule has 0 aromatic rings. The zero-order chi connectivity index (χ0) is 6.24. The Morgan fingerprint density at radius 2 is 2.50 bits per heavy atom. The molecule has 0 aliphatic carbocycles. The minimum Gasteiger partial charge on any atom is -0.363 e. The van der Waals surface area contributed by atoms with Crippen LogP contribution in [0.4, 0.5) is 0 Å². The number of terminal acetylenes is 1. The summed E-state index contributed by atoms with van der Waals surface area (Å²) in [4.78, 5) is 0. The minimum atomic E-state index is 0.403. The predicted molar refractivity (Wildman–Crippen MR) is 34.0 cm³/mol. The SMILES string of the molecule is C#CCO[CH]CCC. The van der Waals surface area contributed by atoms with Crippen molar-refractivity contribution in [3.8, 4) is 12.3 Å². The summed E-state index contributed by atoms with van der Waals surface area (Å²) in [6.45, 7) is 4.25. The van der Waals surface area contributed by atoms with E-state index in [0.29, 0.717) is 6.61 Å². The molecule has 0 bridgehead atoms. The van der Waals surface area contributed by atoms with Gasteiger partial charge in [-0.15, -0.1) is 6.42 Å². The fourth-order valence-electron chi connectivity index (χ4n) is 0.308. The third-order valence-corrected chi connectivity index (χ3v) is 0.691. The average molecular weight is 111 g/mol. The number of hydrogen-bond acceptors (Lipinski definition) is 1. The number of ether oxygens (including phenoxy) is 1. The van der Waals surface area contributed by atoms with Gasteiger partial charge >= 0.3 is 0 Å². The van der Waals surface area contributed by atoms with Gasteiger partial charge in [0.2, 0.25) is 0 Å². The molecule has 1 heteroatoms. The van der Waals surface area contributed by atoms with Gasteiger partial charge in [-0.3, -0.25) is 0 Å². The van der Waals surface area contributed by atoms with Crippen molar-refractivity contribution in [1.29, 1.82) is 0 Å². The van der Waals surface area contributed by atoms with Crippen LogP contribution in [0.5, 0.6) is 0 Å². The normalized spacial score (nSPS) is 8.50. The molecule has 0 spiro atoms. The fraction of sp³-hybridized carbons (Fsp3) is 0.571. The summed E-state index contributed by atoms with van der Waals surface area (Å²) < 4.78 is 4.86. The second kappa shape index (κ2) is 6.52. The van der Waals surface area contributed by atoms with Crippen molar-refractivity contribution in [2.24, 2.45) is 0 Å². The number of rotatable bonds is 4. The van der Waals surface area contributed by atoms with E-state index in [4.69, 9.17) is 11.2 Å². The maximum absolute atomic E-state index is 4.92. The molecule has 0 unspecified atom stereocenters. The van der Waals surface area contributed by atoms with Crippen molar-refractivity contribution in [3.05, 3.63) is 6.61 Å². The maximum Gasteiger partial charge on any atom is 0.107 e. The summed E-state index contributed by atoms with van der Waals surface area (Å²) in [7, 11) is 0. The monoisotopic (exact) mass is 111 g/mol. The predicted octanol–water partition coefficient (Wildman–Crippen LogP) is 1.60. The van der Waals surface area contributed by atoms with Gasteiger partial charge in [-0.1, -0.05) is 19.3 Å². The van der Waals surface area contributed by atoms with Gasteiger partial charge in [0.25, 0.3) is 0 Å². The molecule has 0 aliphatic heterocycles. The summed E-state index contributed by atoms with van der Waals surface area (Å²) in [6, 6.07) is 0. The van der Waals surface area contributed by atoms with E-state index in [1.807, 2.05) is 0 Å². The highest BCUT2D eigenvalue weighted by Crippen LogP contribution is 1.91.